The van der Waals surface area contributed by atoms with E-state index < -0.39 is 10.0 Å². The van der Waals surface area contributed by atoms with Gasteiger partial charge in [0, 0.05) is 19.0 Å². The molecule has 0 aliphatic carbocycles. The maximum absolute atomic E-state index is 12.1. The highest BCUT2D eigenvalue weighted by Gasteiger charge is 2.35. The highest BCUT2D eigenvalue weighted by molar-refractivity contribution is 7.88. The Kier molecular flexibility index (Phi) is 6.03. The van der Waals surface area contributed by atoms with Crippen molar-refractivity contribution in [3.05, 3.63) is 47.2 Å². The van der Waals surface area contributed by atoms with Crippen LogP contribution in [0.5, 0.6) is 0 Å². The molecule has 0 spiro atoms. The van der Waals surface area contributed by atoms with Crippen LogP contribution < -0.4 is 0 Å². The summed E-state index contributed by atoms with van der Waals surface area (Å²) < 4.78 is 31.8. The first kappa shape index (κ1) is 20.5. The Morgan fingerprint density at radius 2 is 1.76 bits per heavy atom. The van der Waals surface area contributed by atoms with Gasteiger partial charge in [0.05, 0.1) is 6.26 Å². The lowest BCUT2D eigenvalue weighted by atomic mass is 9.96. The van der Waals surface area contributed by atoms with Crippen LogP contribution in [0.3, 0.4) is 0 Å². The lowest BCUT2D eigenvalue weighted by Crippen LogP contribution is -2.37. The van der Waals surface area contributed by atoms with Crippen LogP contribution in [0.25, 0.3) is 0 Å². The second-order valence-corrected chi connectivity index (χ2v) is 10.3. The minimum atomic E-state index is -3.28. The average Bonchev–Trinajstić information content (AvgIpc) is 3.20. The van der Waals surface area contributed by atoms with Crippen LogP contribution in [-0.2, 0) is 16.6 Å². The Morgan fingerprint density at radius 3 is 2.48 bits per heavy atom. The van der Waals surface area contributed by atoms with E-state index in [1.165, 1.54) is 21.7 Å². The van der Waals surface area contributed by atoms with Gasteiger partial charge in [-0.2, -0.15) is 4.31 Å². The minimum Gasteiger partial charge on any atom is -0.423 e. The van der Waals surface area contributed by atoms with Gasteiger partial charge in [0.1, 0.15) is 6.04 Å². The number of hydrogen-bond acceptors (Lipinski definition) is 6. The zero-order valence-corrected chi connectivity index (χ0v) is 18.1. The van der Waals surface area contributed by atoms with Gasteiger partial charge in [-0.3, -0.25) is 4.90 Å². The summed E-state index contributed by atoms with van der Waals surface area (Å²) in [5.41, 5.74) is 2.71. The third-order valence-corrected chi connectivity index (χ3v) is 7.50. The number of likely N-dealkylation sites (tertiary alicyclic amines) is 1. The summed E-state index contributed by atoms with van der Waals surface area (Å²) in [6, 6.07) is 8.22. The summed E-state index contributed by atoms with van der Waals surface area (Å²) in [6.07, 6.45) is 5.81. The van der Waals surface area contributed by atoms with Crippen molar-refractivity contribution in [2.24, 2.45) is 0 Å². The fraction of sp³-hybridized carbons (Fsp3) is 0.619. The van der Waals surface area contributed by atoms with Gasteiger partial charge < -0.3 is 4.42 Å². The molecule has 1 atom stereocenters. The van der Waals surface area contributed by atoms with Crippen molar-refractivity contribution in [2.75, 3.05) is 25.9 Å². The molecule has 7 nitrogen and oxygen atoms in total. The normalized spacial score (nSPS) is 22.8. The van der Waals surface area contributed by atoms with Crippen molar-refractivity contribution < 1.29 is 12.8 Å². The van der Waals surface area contributed by atoms with Crippen molar-refractivity contribution in [3.63, 3.8) is 0 Å². The summed E-state index contributed by atoms with van der Waals surface area (Å²) in [6.45, 7) is 5.65. The van der Waals surface area contributed by atoms with Crippen LogP contribution in [0, 0.1) is 6.92 Å². The van der Waals surface area contributed by atoms with Crippen LogP contribution in [0.15, 0.2) is 28.7 Å². The van der Waals surface area contributed by atoms with E-state index >= 15 is 0 Å². The van der Waals surface area contributed by atoms with E-state index in [2.05, 4.69) is 46.3 Å². The molecule has 2 aromatic rings. The van der Waals surface area contributed by atoms with Crippen molar-refractivity contribution in [1.29, 1.82) is 0 Å². The molecule has 8 heteroatoms. The van der Waals surface area contributed by atoms with E-state index in [4.69, 9.17) is 4.42 Å². The molecule has 0 radical (unpaired) electrons. The van der Waals surface area contributed by atoms with E-state index in [1.54, 1.807) is 0 Å². The Labute approximate surface area is 173 Å². The van der Waals surface area contributed by atoms with Gasteiger partial charge in [-0.15, -0.1) is 10.2 Å². The number of benzene rings is 1. The molecule has 2 aliphatic heterocycles. The molecular weight excluding hydrogens is 388 g/mol. The minimum absolute atomic E-state index is 0.250. The fourth-order valence-corrected chi connectivity index (χ4v) is 5.58. The van der Waals surface area contributed by atoms with Crippen molar-refractivity contribution >= 4 is 10.0 Å². The molecule has 2 aliphatic rings. The van der Waals surface area contributed by atoms with Crippen LogP contribution in [0.2, 0.25) is 0 Å². The predicted molar refractivity (Wildman–Crippen MR) is 111 cm³/mol. The molecule has 1 aromatic carbocycles. The van der Waals surface area contributed by atoms with E-state index in [1.807, 2.05) is 0 Å². The zero-order chi connectivity index (χ0) is 20.4. The second kappa shape index (κ2) is 8.53. The molecule has 2 fully saturated rings. The first-order chi connectivity index (χ1) is 13.9. The topological polar surface area (TPSA) is 79.5 Å². The van der Waals surface area contributed by atoms with E-state index in [9.17, 15) is 8.42 Å². The predicted octanol–water partition coefficient (Wildman–Crippen LogP) is 3.24. The highest BCUT2D eigenvalue weighted by Crippen LogP contribution is 2.34. The highest BCUT2D eigenvalue weighted by atomic mass is 32.2. The lowest BCUT2D eigenvalue weighted by Gasteiger charge is -2.31. The molecule has 0 amide bonds. The van der Waals surface area contributed by atoms with Gasteiger partial charge in [-0.25, -0.2) is 8.42 Å². The van der Waals surface area contributed by atoms with Gasteiger partial charge in [0.15, 0.2) is 0 Å². The van der Waals surface area contributed by atoms with Gasteiger partial charge in [-0.05, 0) is 56.8 Å². The Bertz CT molecular complexity index is 935. The molecular formula is C21H30N4O3S. The van der Waals surface area contributed by atoms with Crippen LogP contribution in [-0.4, -0.2) is 53.7 Å². The molecule has 2 saturated heterocycles. The summed E-state index contributed by atoms with van der Waals surface area (Å²) in [4.78, 5) is 2.47. The Morgan fingerprint density at radius 1 is 1.03 bits per heavy atom. The third-order valence-electron chi connectivity index (χ3n) is 6.21. The SMILES string of the molecule is Cc1ccccc1CN1CCC(c2nnc(C3CCCCN3S(C)(=O)=O)o2)CC1. The summed E-state index contributed by atoms with van der Waals surface area (Å²) in [5.74, 6) is 1.36. The smallest absolute Gasteiger partial charge is 0.234 e. The molecule has 0 saturated carbocycles. The second-order valence-electron chi connectivity index (χ2n) is 8.34. The maximum atomic E-state index is 12.1. The van der Waals surface area contributed by atoms with Crippen LogP contribution >= 0.6 is 0 Å². The third kappa shape index (κ3) is 4.70. The number of hydrogen-bond donors (Lipinski definition) is 0. The number of rotatable bonds is 5. The van der Waals surface area contributed by atoms with Gasteiger partial charge in [-0.1, -0.05) is 30.7 Å². The van der Waals surface area contributed by atoms with E-state index in [0.717, 1.165) is 51.7 Å². The first-order valence-corrected chi connectivity index (χ1v) is 12.3. The van der Waals surface area contributed by atoms with Gasteiger partial charge in [0.25, 0.3) is 0 Å². The van der Waals surface area contributed by atoms with Crippen LogP contribution in [0.4, 0.5) is 0 Å². The fourth-order valence-electron chi connectivity index (χ4n) is 4.46. The zero-order valence-electron chi connectivity index (χ0n) is 17.2. The molecule has 0 N–H and O–H groups in total. The Balaban J connectivity index is 1.39. The summed E-state index contributed by atoms with van der Waals surface area (Å²) in [7, 11) is -3.28. The summed E-state index contributed by atoms with van der Waals surface area (Å²) in [5, 5.41) is 8.54. The quantitative estimate of drug-likeness (QED) is 0.742. The van der Waals surface area contributed by atoms with Crippen molar-refractivity contribution in [2.45, 2.75) is 57.5 Å². The van der Waals surface area contributed by atoms with Crippen LogP contribution in [0.1, 0.15) is 67.0 Å². The number of aryl methyl sites for hydroxylation is 1. The first-order valence-electron chi connectivity index (χ1n) is 10.5. The number of piperidine rings is 2. The maximum Gasteiger partial charge on any atom is 0.234 e. The van der Waals surface area contributed by atoms with Crippen molar-refractivity contribution in [1.82, 2.24) is 19.4 Å². The van der Waals surface area contributed by atoms with E-state index in [-0.39, 0.29) is 12.0 Å². The van der Waals surface area contributed by atoms with Gasteiger partial charge >= 0.3 is 0 Å². The molecule has 3 heterocycles. The summed E-state index contributed by atoms with van der Waals surface area (Å²) >= 11 is 0. The lowest BCUT2D eigenvalue weighted by molar-refractivity contribution is 0.183. The van der Waals surface area contributed by atoms with Crippen molar-refractivity contribution in [3.8, 4) is 0 Å². The molecule has 1 aromatic heterocycles. The average molecular weight is 419 g/mol. The number of aromatic nitrogens is 2. The van der Waals surface area contributed by atoms with Gasteiger partial charge in [0.2, 0.25) is 21.8 Å². The molecule has 4 rings (SSSR count). The molecule has 1 unspecified atom stereocenters. The number of nitrogens with zero attached hydrogens (tertiary/aromatic N) is 4. The Hall–Kier alpha value is -1.77. The number of sulfonamides is 1. The standard InChI is InChI=1S/C21H30N4O3S/c1-16-7-3-4-8-18(16)15-24-13-10-17(11-14-24)20-22-23-21(28-20)19-9-5-6-12-25(19)29(2,26)27/h3-4,7-8,17,19H,5-6,9-15H2,1-2H3. The molecule has 29 heavy (non-hydrogen) atoms. The molecule has 0 bridgehead atoms. The molecule has 158 valence electrons. The van der Waals surface area contributed by atoms with E-state index in [0.29, 0.717) is 18.3 Å². The monoisotopic (exact) mass is 418 g/mol. The largest absolute Gasteiger partial charge is 0.423 e.